The van der Waals surface area contributed by atoms with Crippen molar-refractivity contribution >= 4 is 15.7 Å². The van der Waals surface area contributed by atoms with Crippen LogP contribution in [0.3, 0.4) is 0 Å². The molecule has 5 nitrogen and oxygen atoms in total. The normalized spacial score (nSPS) is 21.9. The van der Waals surface area contributed by atoms with Crippen LogP contribution in [0.4, 0.5) is 0 Å². The largest absolute Gasteiger partial charge is 0.340 e. The van der Waals surface area contributed by atoms with E-state index in [4.69, 9.17) is 0 Å². The van der Waals surface area contributed by atoms with Gasteiger partial charge in [0.25, 0.3) is 0 Å². The number of carbonyl (C=O) groups excluding carboxylic acids is 1. The van der Waals surface area contributed by atoms with E-state index in [0.29, 0.717) is 13.1 Å². The van der Waals surface area contributed by atoms with E-state index >= 15 is 0 Å². The topological polar surface area (TPSA) is 66.5 Å². The molecule has 0 aliphatic carbocycles. The first-order valence-corrected chi connectivity index (χ1v) is 7.75. The highest BCUT2D eigenvalue weighted by molar-refractivity contribution is 7.92. The van der Waals surface area contributed by atoms with E-state index in [1.54, 1.807) is 18.7 Å². The highest BCUT2D eigenvalue weighted by atomic mass is 32.2. The third kappa shape index (κ3) is 3.96. The van der Waals surface area contributed by atoms with E-state index in [9.17, 15) is 13.2 Å². The van der Waals surface area contributed by atoms with Gasteiger partial charge in [0.05, 0.1) is 5.25 Å². The molecule has 0 aromatic heterocycles. The van der Waals surface area contributed by atoms with Crippen molar-refractivity contribution in [3.63, 3.8) is 0 Å². The number of amides is 1. The molecule has 0 radical (unpaired) electrons. The van der Waals surface area contributed by atoms with Crippen LogP contribution >= 0.6 is 0 Å². The van der Waals surface area contributed by atoms with Gasteiger partial charge in [-0.3, -0.25) is 4.79 Å². The van der Waals surface area contributed by atoms with Gasteiger partial charge in [-0.25, -0.2) is 8.42 Å². The molecule has 1 unspecified atom stereocenters. The lowest BCUT2D eigenvalue weighted by atomic mass is 10.1. The van der Waals surface area contributed by atoms with Gasteiger partial charge in [-0.15, -0.1) is 0 Å². The summed E-state index contributed by atoms with van der Waals surface area (Å²) in [5, 5.41) is 2.64. The molecule has 1 atom stereocenters. The van der Waals surface area contributed by atoms with Crippen LogP contribution in [0.5, 0.6) is 0 Å². The molecule has 0 aromatic carbocycles. The fourth-order valence-corrected chi connectivity index (χ4v) is 2.73. The molecule has 17 heavy (non-hydrogen) atoms. The summed E-state index contributed by atoms with van der Waals surface area (Å²) in [6.45, 7) is 4.50. The Bertz CT molecular complexity index is 365. The van der Waals surface area contributed by atoms with E-state index < -0.39 is 15.1 Å². The average molecular weight is 262 g/mol. The molecule has 1 fully saturated rings. The molecule has 100 valence electrons. The van der Waals surface area contributed by atoms with Gasteiger partial charge in [-0.1, -0.05) is 0 Å². The molecule has 1 amide bonds. The fraction of sp³-hybridized carbons (Fsp3) is 0.909. The van der Waals surface area contributed by atoms with Crippen molar-refractivity contribution in [1.82, 2.24) is 10.2 Å². The Morgan fingerprint density at radius 3 is 2.65 bits per heavy atom. The summed E-state index contributed by atoms with van der Waals surface area (Å²) in [6.07, 6.45) is 1.97. The first-order chi connectivity index (χ1) is 7.86. The van der Waals surface area contributed by atoms with Crippen molar-refractivity contribution in [1.29, 1.82) is 0 Å². The van der Waals surface area contributed by atoms with Crippen LogP contribution in [0, 0.1) is 0 Å². The van der Waals surface area contributed by atoms with Crippen LogP contribution in [0.25, 0.3) is 0 Å². The minimum Gasteiger partial charge on any atom is -0.340 e. The number of likely N-dealkylation sites (tertiary alicyclic amines) is 1. The van der Waals surface area contributed by atoms with Gasteiger partial charge in [0.1, 0.15) is 5.75 Å². The summed E-state index contributed by atoms with van der Waals surface area (Å²) in [5.74, 6) is -0.625. The van der Waals surface area contributed by atoms with Gasteiger partial charge in [-0.05, 0) is 33.7 Å². The maximum atomic E-state index is 11.9. The fourth-order valence-electron chi connectivity index (χ4n) is 1.87. The Labute approximate surface area is 103 Å². The molecule has 1 aliphatic rings. The summed E-state index contributed by atoms with van der Waals surface area (Å²) in [6, 6.07) is 0.287. The van der Waals surface area contributed by atoms with Gasteiger partial charge in [0, 0.05) is 19.1 Å². The monoisotopic (exact) mass is 262 g/mol. The summed E-state index contributed by atoms with van der Waals surface area (Å²) >= 11 is 0. The highest BCUT2D eigenvalue weighted by Gasteiger charge is 2.27. The number of piperidine rings is 1. The van der Waals surface area contributed by atoms with Crippen molar-refractivity contribution in [2.24, 2.45) is 0 Å². The first kappa shape index (κ1) is 14.4. The SMILES string of the molecule is CNC1CCCN(C(=O)CS(=O)(=O)C(C)C)C1. The molecule has 0 saturated carbocycles. The summed E-state index contributed by atoms with van der Waals surface area (Å²) in [7, 11) is -1.42. The number of rotatable bonds is 4. The lowest BCUT2D eigenvalue weighted by molar-refractivity contribution is -0.129. The highest BCUT2D eigenvalue weighted by Crippen LogP contribution is 2.11. The lowest BCUT2D eigenvalue weighted by Gasteiger charge is -2.32. The van der Waals surface area contributed by atoms with Crippen LogP contribution in [0.1, 0.15) is 26.7 Å². The van der Waals surface area contributed by atoms with E-state index in [1.165, 1.54) is 0 Å². The van der Waals surface area contributed by atoms with Crippen molar-refractivity contribution in [3.05, 3.63) is 0 Å². The zero-order valence-corrected chi connectivity index (χ0v) is 11.6. The molecule has 0 bridgehead atoms. The smallest absolute Gasteiger partial charge is 0.237 e. The zero-order valence-electron chi connectivity index (χ0n) is 10.8. The van der Waals surface area contributed by atoms with E-state index in [2.05, 4.69) is 5.32 Å². The maximum absolute atomic E-state index is 11.9. The van der Waals surface area contributed by atoms with Crippen molar-refractivity contribution in [2.75, 3.05) is 25.9 Å². The second-order valence-electron chi connectivity index (χ2n) is 4.82. The third-order valence-electron chi connectivity index (χ3n) is 3.23. The predicted molar refractivity (Wildman–Crippen MR) is 67.6 cm³/mol. The first-order valence-electron chi connectivity index (χ1n) is 6.03. The second kappa shape index (κ2) is 5.82. The Morgan fingerprint density at radius 2 is 2.12 bits per heavy atom. The van der Waals surface area contributed by atoms with Gasteiger partial charge >= 0.3 is 0 Å². The Hall–Kier alpha value is -0.620. The molecule has 6 heteroatoms. The van der Waals surface area contributed by atoms with Crippen molar-refractivity contribution in [2.45, 2.75) is 38.0 Å². The number of nitrogens with zero attached hydrogens (tertiary/aromatic N) is 1. The number of carbonyl (C=O) groups is 1. The molecule has 0 aromatic rings. The molecule has 1 heterocycles. The number of nitrogens with one attached hydrogen (secondary N) is 1. The van der Waals surface area contributed by atoms with Gasteiger partial charge in [-0.2, -0.15) is 0 Å². The second-order valence-corrected chi connectivity index (χ2v) is 7.38. The lowest BCUT2D eigenvalue weighted by Crippen LogP contribution is -2.48. The molecule has 1 aliphatic heterocycles. The standard InChI is InChI=1S/C11H22N2O3S/c1-9(2)17(15,16)8-11(14)13-6-4-5-10(7-13)12-3/h9-10,12H,4-8H2,1-3H3. The van der Waals surface area contributed by atoms with Crippen LogP contribution in [0.15, 0.2) is 0 Å². The average Bonchev–Trinajstić information content (AvgIpc) is 2.28. The van der Waals surface area contributed by atoms with Crippen molar-refractivity contribution < 1.29 is 13.2 Å². The predicted octanol–water partition coefficient (Wildman–Crippen LogP) is 0.0200. The van der Waals surface area contributed by atoms with E-state index in [-0.39, 0.29) is 17.7 Å². The zero-order chi connectivity index (χ0) is 13.1. The van der Waals surface area contributed by atoms with Crippen LogP contribution in [0.2, 0.25) is 0 Å². The molecular weight excluding hydrogens is 240 g/mol. The number of likely N-dealkylation sites (N-methyl/N-ethyl adjacent to an activating group) is 1. The maximum Gasteiger partial charge on any atom is 0.237 e. The Morgan fingerprint density at radius 1 is 1.47 bits per heavy atom. The third-order valence-corrected chi connectivity index (χ3v) is 5.31. The Balaban J connectivity index is 2.59. The minimum absolute atomic E-state index is 0.265. The molecular formula is C11H22N2O3S. The summed E-state index contributed by atoms with van der Waals surface area (Å²) in [4.78, 5) is 13.6. The quantitative estimate of drug-likeness (QED) is 0.775. The minimum atomic E-state index is -3.28. The number of hydrogen-bond acceptors (Lipinski definition) is 4. The van der Waals surface area contributed by atoms with Gasteiger partial charge in [0.15, 0.2) is 9.84 Å². The van der Waals surface area contributed by atoms with Crippen LogP contribution < -0.4 is 5.32 Å². The summed E-state index contributed by atoms with van der Waals surface area (Å²) in [5.41, 5.74) is 0. The van der Waals surface area contributed by atoms with Gasteiger partial charge in [0.2, 0.25) is 5.91 Å². The molecule has 1 saturated heterocycles. The van der Waals surface area contributed by atoms with Crippen LogP contribution in [-0.4, -0.2) is 56.4 Å². The van der Waals surface area contributed by atoms with Gasteiger partial charge < -0.3 is 10.2 Å². The number of hydrogen-bond donors (Lipinski definition) is 1. The van der Waals surface area contributed by atoms with E-state index in [1.807, 2.05) is 7.05 Å². The molecule has 1 rings (SSSR count). The van der Waals surface area contributed by atoms with Crippen molar-refractivity contribution in [3.8, 4) is 0 Å². The van der Waals surface area contributed by atoms with E-state index in [0.717, 1.165) is 12.8 Å². The van der Waals surface area contributed by atoms with Crippen LogP contribution in [-0.2, 0) is 14.6 Å². The Kier molecular flexibility index (Phi) is 4.94. The number of sulfone groups is 1. The molecule has 1 N–H and O–H groups in total. The summed E-state index contributed by atoms with van der Waals surface area (Å²) < 4.78 is 23.3. The molecule has 0 spiro atoms.